The van der Waals surface area contributed by atoms with Crippen LogP contribution >= 0.6 is 0 Å². The van der Waals surface area contributed by atoms with Crippen molar-refractivity contribution in [2.45, 2.75) is 52.5 Å². The van der Waals surface area contributed by atoms with Crippen LogP contribution in [0.25, 0.3) is 0 Å². The second-order valence-electron chi connectivity index (χ2n) is 5.69. The summed E-state index contributed by atoms with van der Waals surface area (Å²) in [6.45, 7) is 9.27. The largest absolute Gasteiger partial charge is 1.00 e. The van der Waals surface area contributed by atoms with E-state index in [9.17, 15) is 0 Å². The minimum Gasteiger partial charge on any atom is -1.00 e. The molecule has 0 fully saturated rings. The molecule has 0 atom stereocenters. The van der Waals surface area contributed by atoms with Crippen LogP contribution in [0.2, 0.25) is 0 Å². The molecule has 0 radical (unpaired) electrons. The first-order chi connectivity index (χ1) is 6.80. The van der Waals surface area contributed by atoms with Gasteiger partial charge < -0.3 is 53.7 Å². The highest BCUT2D eigenvalue weighted by atomic mass is 127. The summed E-state index contributed by atoms with van der Waals surface area (Å²) in [6.07, 6.45) is 8.70. The molecule has 0 amide bonds. The van der Waals surface area contributed by atoms with Crippen molar-refractivity contribution in [1.29, 1.82) is 0 Å². The van der Waals surface area contributed by atoms with Crippen LogP contribution in [0, 0.1) is 11.8 Å². The van der Waals surface area contributed by atoms with Gasteiger partial charge in [-0.2, -0.15) is 0 Å². The smallest absolute Gasteiger partial charge is 0.107 e. The first-order valence-corrected chi connectivity index (χ1v) is 8.41. The molecule has 4 heteroatoms. The molecule has 1 nitrogen and oxygen atoms in total. The highest BCUT2D eigenvalue weighted by Crippen LogP contribution is 2.26. The monoisotopic (exact) mass is 487 g/mol. The molecule has 0 unspecified atom stereocenters. The highest BCUT2D eigenvalue weighted by Gasteiger charge is 2.36. The molecule has 0 rings (SSSR count). The Balaban J connectivity index is -0.000000980. The molecule has 0 bridgehead atoms. The molecule has 0 saturated heterocycles. The Hall–Kier alpha value is 1.77. The maximum atomic E-state index is 4.49. The molecule has 0 saturated carbocycles. The van der Waals surface area contributed by atoms with Gasteiger partial charge >= 0.3 is 0 Å². The maximum Gasteiger partial charge on any atom is 0.107 e. The van der Waals surface area contributed by atoms with Gasteiger partial charge in [0, 0.05) is 18.3 Å². The molecule has 0 aromatic carbocycles. The van der Waals surface area contributed by atoms with Gasteiger partial charge in [-0.1, -0.05) is 27.7 Å². The van der Waals surface area contributed by atoms with Crippen molar-refractivity contribution in [1.82, 2.24) is 0 Å². The van der Waals surface area contributed by atoms with Crippen molar-refractivity contribution < 1.29 is 53.7 Å². The van der Waals surface area contributed by atoms with Crippen molar-refractivity contribution in [2.75, 3.05) is 18.3 Å². The van der Waals surface area contributed by atoms with E-state index in [0.29, 0.717) is 28.3 Å². The second kappa shape index (κ2) is 11.6. The van der Waals surface area contributed by atoms with E-state index in [4.69, 9.17) is 0 Å². The van der Waals surface area contributed by atoms with Gasteiger partial charge in [0.05, 0.1) is 18.1 Å². The molecule has 3 N–H and O–H groups in total. The summed E-state index contributed by atoms with van der Waals surface area (Å²) in [4.78, 5) is 0. The standard InChI is InChI=1S/C13H30NS.2HI/c1-11(2)13(14,12(3)4)9-7-8-10-15(5)6;;/h11-12H,7-10,14H2,1-6H3;2*1H/q+1;;/p-1. The van der Waals surface area contributed by atoms with Crippen LogP contribution in [-0.2, 0) is 10.9 Å². The minimum atomic E-state index is 0. The van der Waals surface area contributed by atoms with Crippen LogP contribution in [0.1, 0.15) is 47.0 Å². The van der Waals surface area contributed by atoms with E-state index < -0.39 is 0 Å². The lowest BCUT2D eigenvalue weighted by molar-refractivity contribution is -0.505. The van der Waals surface area contributed by atoms with Crippen LogP contribution in [0.4, 0.5) is 0 Å². The number of unbranched alkanes of at least 4 members (excludes halogenated alkanes) is 1. The van der Waals surface area contributed by atoms with E-state index in [2.05, 4.69) is 45.9 Å². The normalized spacial score (nSPS) is 11.6. The number of halogens is 2. The predicted octanol–water partition coefficient (Wildman–Crippen LogP) is -3.66. The molecule has 17 heavy (non-hydrogen) atoms. The second-order valence-corrected chi connectivity index (χ2v) is 8.07. The Labute approximate surface area is 146 Å². The maximum absolute atomic E-state index is 4.49. The Kier molecular flexibility index (Phi) is 16.2. The topological polar surface area (TPSA) is 27.6 Å². The molecule has 108 valence electrons. The van der Waals surface area contributed by atoms with E-state index in [1.54, 1.807) is 0 Å². The van der Waals surface area contributed by atoms with Gasteiger partial charge in [0.25, 0.3) is 0 Å². The Bertz CT molecular complexity index is 165. The lowest BCUT2D eigenvalue weighted by Crippen LogP contribution is -3.00. The van der Waals surface area contributed by atoms with Gasteiger partial charge in [0.15, 0.2) is 0 Å². The fourth-order valence-electron chi connectivity index (χ4n) is 2.09. The zero-order chi connectivity index (χ0) is 12.1. The highest BCUT2D eigenvalue weighted by molar-refractivity contribution is 7.95. The van der Waals surface area contributed by atoms with E-state index in [-0.39, 0.29) is 48.0 Å². The number of quaternary nitrogens is 1. The van der Waals surface area contributed by atoms with Gasteiger partial charge in [0.2, 0.25) is 0 Å². The van der Waals surface area contributed by atoms with Crippen molar-refractivity contribution >= 4 is 10.9 Å². The van der Waals surface area contributed by atoms with Crippen LogP contribution < -0.4 is 53.7 Å². The van der Waals surface area contributed by atoms with Crippen molar-refractivity contribution in [2.24, 2.45) is 11.8 Å². The molecule has 0 heterocycles. The lowest BCUT2D eigenvalue weighted by atomic mass is 9.74. The summed E-state index contributed by atoms with van der Waals surface area (Å²) < 4.78 is 0. The van der Waals surface area contributed by atoms with Crippen LogP contribution in [0.15, 0.2) is 0 Å². The third kappa shape index (κ3) is 9.32. The number of hydrogen-bond donors (Lipinski definition) is 1. The van der Waals surface area contributed by atoms with Crippen LogP contribution in [0.3, 0.4) is 0 Å². The third-order valence-electron chi connectivity index (χ3n) is 3.74. The first-order valence-electron chi connectivity index (χ1n) is 6.20. The summed E-state index contributed by atoms with van der Waals surface area (Å²) in [5.74, 6) is 2.78. The predicted molar refractivity (Wildman–Crippen MR) is 73.2 cm³/mol. The average Bonchev–Trinajstić information content (AvgIpc) is 2.10. The summed E-state index contributed by atoms with van der Waals surface area (Å²) in [5, 5.41) is 0. The van der Waals surface area contributed by atoms with Gasteiger partial charge in [-0.05, 0) is 23.7 Å². The molecule has 0 aromatic heterocycles. The van der Waals surface area contributed by atoms with Gasteiger partial charge in [0.1, 0.15) is 5.75 Å². The van der Waals surface area contributed by atoms with E-state index >= 15 is 0 Å². The summed E-state index contributed by atoms with van der Waals surface area (Å²) in [5.41, 5.74) is 4.78. The minimum absolute atomic E-state index is 0. The molecular formula is C13H31I2NS. The quantitative estimate of drug-likeness (QED) is 0.218. The summed E-state index contributed by atoms with van der Waals surface area (Å²) in [7, 11) is 0.614. The average molecular weight is 487 g/mol. The Morgan fingerprint density at radius 1 is 0.941 bits per heavy atom. The molecule has 0 spiro atoms. The van der Waals surface area contributed by atoms with E-state index in [1.807, 2.05) is 0 Å². The Morgan fingerprint density at radius 2 is 1.35 bits per heavy atom. The summed E-state index contributed by atoms with van der Waals surface area (Å²) in [6, 6.07) is 0. The Morgan fingerprint density at radius 3 is 1.65 bits per heavy atom. The SMILES string of the molecule is CC(C)C([NH3+])(CCCC[S+](C)C)C(C)C.[I-].[I-]. The molecule has 0 aliphatic rings. The zero-order valence-corrected chi connectivity index (χ0v) is 17.5. The van der Waals surface area contributed by atoms with E-state index in [0.717, 1.165) is 0 Å². The first kappa shape index (κ1) is 23.8. The van der Waals surface area contributed by atoms with Crippen molar-refractivity contribution in [3.8, 4) is 0 Å². The molecule has 0 aliphatic carbocycles. The zero-order valence-electron chi connectivity index (χ0n) is 12.4. The van der Waals surface area contributed by atoms with Crippen molar-refractivity contribution in [3.05, 3.63) is 0 Å². The van der Waals surface area contributed by atoms with Crippen LogP contribution in [0.5, 0.6) is 0 Å². The fraction of sp³-hybridized carbons (Fsp3) is 1.00. The van der Waals surface area contributed by atoms with Gasteiger partial charge in [-0.3, -0.25) is 0 Å². The molecule has 0 aromatic rings. The van der Waals surface area contributed by atoms with Gasteiger partial charge in [-0.15, -0.1) is 0 Å². The molecular weight excluding hydrogens is 456 g/mol. The van der Waals surface area contributed by atoms with Crippen molar-refractivity contribution in [3.63, 3.8) is 0 Å². The summed E-state index contributed by atoms with van der Waals surface area (Å²) >= 11 is 0. The third-order valence-corrected chi connectivity index (χ3v) is 4.85. The number of rotatable bonds is 7. The number of hydrogen-bond acceptors (Lipinski definition) is 0. The lowest BCUT2D eigenvalue weighted by Gasteiger charge is -2.33. The van der Waals surface area contributed by atoms with Crippen LogP contribution in [-0.4, -0.2) is 23.8 Å². The fourth-order valence-corrected chi connectivity index (χ4v) is 2.87. The molecule has 0 aliphatic heterocycles. The van der Waals surface area contributed by atoms with E-state index in [1.165, 1.54) is 25.0 Å². The van der Waals surface area contributed by atoms with Gasteiger partial charge in [-0.25, -0.2) is 0 Å².